The molecule has 0 amide bonds. The van der Waals surface area contributed by atoms with Crippen LogP contribution in [0.25, 0.3) is 11.0 Å². The first-order valence-corrected chi connectivity index (χ1v) is 5.70. The Labute approximate surface area is 127 Å². The van der Waals surface area contributed by atoms with Crippen molar-refractivity contribution in [2.24, 2.45) is 0 Å². The van der Waals surface area contributed by atoms with Crippen LogP contribution in [0.1, 0.15) is 0 Å². The van der Waals surface area contributed by atoms with Gasteiger partial charge in [0.15, 0.2) is 0 Å². The number of rotatable bonds is 2. The van der Waals surface area contributed by atoms with E-state index in [2.05, 4.69) is 22.9 Å². The SMILES string of the molecule is C=CCn1[c-]nc2ccccc21.[Ti].c1ccncc1. The normalized spacial score (nSPS) is 9.05. The van der Waals surface area contributed by atoms with Crippen LogP contribution in [0.4, 0.5) is 0 Å². The molecular formula is C15H14N3Ti-. The molecule has 3 nitrogen and oxygen atoms in total. The third-order valence-corrected chi connectivity index (χ3v) is 2.34. The van der Waals surface area contributed by atoms with E-state index in [9.17, 15) is 0 Å². The molecule has 0 saturated carbocycles. The number of hydrogen-bond acceptors (Lipinski definition) is 2. The monoisotopic (exact) mass is 284 g/mol. The molecule has 0 aliphatic rings. The molecule has 0 spiro atoms. The Morgan fingerprint density at radius 1 is 1.11 bits per heavy atom. The van der Waals surface area contributed by atoms with E-state index in [0.29, 0.717) is 0 Å². The van der Waals surface area contributed by atoms with Crippen LogP contribution in [0.3, 0.4) is 0 Å². The average Bonchev–Trinajstić information content (AvgIpc) is 2.86. The molecule has 3 aromatic rings. The minimum absolute atomic E-state index is 0. The molecule has 0 fully saturated rings. The number of nitrogens with zero attached hydrogens (tertiary/aromatic N) is 3. The van der Waals surface area contributed by atoms with E-state index < -0.39 is 0 Å². The Kier molecular flexibility index (Phi) is 6.79. The van der Waals surface area contributed by atoms with Gasteiger partial charge in [0.2, 0.25) is 0 Å². The minimum Gasteiger partial charge on any atom is -0.444 e. The second-order valence-corrected chi connectivity index (χ2v) is 3.62. The summed E-state index contributed by atoms with van der Waals surface area (Å²) in [5.74, 6) is 0. The van der Waals surface area contributed by atoms with Gasteiger partial charge in [0.05, 0.1) is 0 Å². The Morgan fingerprint density at radius 2 is 1.84 bits per heavy atom. The number of allylic oxidation sites excluding steroid dienone is 1. The van der Waals surface area contributed by atoms with Crippen molar-refractivity contribution in [2.75, 3.05) is 0 Å². The largest absolute Gasteiger partial charge is 0.444 e. The quantitative estimate of drug-likeness (QED) is 0.411. The van der Waals surface area contributed by atoms with Crippen LogP contribution >= 0.6 is 0 Å². The van der Waals surface area contributed by atoms with Gasteiger partial charge in [-0.1, -0.05) is 35.3 Å². The fraction of sp³-hybridized carbons (Fsp3) is 0.0667. The van der Waals surface area contributed by atoms with Crippen molar-refractivity contribution >= 4 is 11.0 Å². The Balaban J connectivity index is 0.000000220. The van der Waals surface area contributed by atoms with Gasteiger partial charge in [0.1, 0.15) is 0 Å². The van der Waals surface area contributed by atoms with Crippen molar-refractivity contribution in [1.82, 2.24) is 14.5 Å². The zero-order valence-corrected chi connectivity index (χ0v) is 12.1. The topological polar surface area (TPSA) is 30.7 Å². The third-order valence-electron chi connectivity index (χ3n) is 2.34. The predicted octanol–water partition coefficient (Wildman–Crippen LogP) is 3.10. The van der Waals surface area contributed by atoms with Crippen LogP contribution in [-0.4, -0.2) is 14.5 Å². The fourth-order valence-electron chi connectivity index (χ4n) is 1.54. The molecule has 2 heterocycles. The van der Waals surface area contributed by atoms with Crippen LogP contribution < -0.4 is 0 Å². The maximum Gasteiger partial charge on any atom is 0.0267 e. The Hall–Kier alpha value is -1.71. The zero-order chi connectivity index (χ0) is 12.6. The Morgan fingerprint density at radius 3 is 2.42 bits per heavy atom. The van der Waals surface area contributed by atoms with Gasteiger partial charge >= 0.3 is 0 Å². The van der Waals surface area contributed by atoms with Crippen LogP contribution in [0.2, 0.25) is 0 Å². The zero-order valence-electron chi connectivity index (χ0n) is 10.5. The Bertz CT molecular complexity index is 578. The first-order valence-electron chi connectivity index (χ1n) is 5.70. The second kappa shape index (κ2) is 8.41. The molecule has 94 valence electrons. The van der Waals surface area contributed by atoms with E-state index in [-0.39, 0.29) is 21.7 Å². The van der Waals surface area contributed by atoms with Crippen molar-refractivity contribution in [3.63, 3.8) is 0 Å². The van der Waals surface area contributed by atoms with Crippen LogP contribution in [-0.2, 0) is 28.3 Å². The molecule has 0 aliphatic heterocycles. The molecule has 0 atom stereocenters. The molecule has 0 saturated heterocycles. The summed E-state index contributed by atoms with van der Waals surface area (Å²) in [4.78, 5) is 7.91. The summed E-state index contributed by atoms with van der Waals surface area (Å²) in [6.45, 7) is 4.44. The molecule has 3 rings (SSSR count). The standard InChI is InChI=1S/C10H9N2.C5H5N.Ti/c1-2-7-12-8-11-9-5-3-4-6-10(9)12;1-2-4-6-5-3-1;/h2-6H,1,7H2;1-5H;/q-1;;. The minimum atomic E-state index is 0. The number of fused-ring (bicyclic) bond motifs is 1. The summed E-state index contributed by atoms with van der Waals surface area (Å²) in [6.07, 6.45) is 8.25. The van der Waals surface area contributed by atoms with Gasteiger partial charge < -0.3 is 9.55 Å². The maximum absolute atomic E-state index is 4.13. The van der Waals surface area contributed by atoms with E-state index in [1.165, 1.54) is 0 Å². The van der Waals surface area contributed by atoms with Gasteiger partial charge in [0.25, 0.3) is 0 Å². The van der Waals surface area contributed by atoms with E-state index in [0.717, 1.165) is 17.6 Å². The summed E-state index contributed by atoms with van der Waals surface area (Å²) in [6, 6.07) is 13.7. The molecule has 4 heteroatoms. The number of para-hydroxylation sites is 2. The van der Waals surface area contributed by atoms with Crippen LogP contribution in [0, 0.1) is 6.33 Å². The van der Waals surface area contributed by atoms with E-state index in [4.69, 9.17) is 0 Å². The van der Waals surface area contributed by atoms with Gasteiger partial charge in [-0.3, -0.25) is 4.98 Å². The molecule has 2 aromatic heterocycles. The van der Waals surface area contributed by atoms with Crippen LogP contribution in [0.5, 0.6) is 0 Å². The molecule has 19 heavy (non-hydrogen) atoms. The van der Waals surface area contributed by atoms with Gasteiger partial charge in [-0.15, -0.1) is 18.7 Å². The van der Waals surface area contributed by atoms with Crippen LogP contribution in [0.15, 0.2) is 67.5 Å². The molecule has 1 aromatic carbocycles. The first-order chi connectivity index (χ1) is 8.92. The summed E-state index contributed by atoms with van der Waals surface area (Å²) >= 11 is 0. The van der Waals surface area contributed by atoms with Gasteiger partial charge in [-0.05, 0) is 12.1 Å². The predicted molar refractivity (Wildman–Crippen MR) is 73.0 cm³/mol. The number of pyridine rings is 1. The van der Waals surface area contributed by atoms with Crippen molar-refractivity contribution in [2.45, 2.75) is 6.54 Å². The molecule has 0 radical (unpaired) electrons. The number of benzene rings is 1. The summed E-state index contributed by atoms with van der Waals surface area (Å²) in [5.41, 5.74) is 2.09. The summed E-state index contributed by atoms with van der Waals surface area (Å²) in [7, 11) is 0. The summed E-state index contributed by atoms with van der Waals surface area (Å²) < 4.78 is 1.95. The van der Waals surface area contributed by atoms with Crippen molar-refractivity contribution in [3.8, 4) is 0 Å². The van der Waals surface area contributed by atoms with E-state index in [1.807, 2.05) is 53.1 Å². The van der Waals surface area contributed by atoms with Crippen molar-refractivity contribution < 1.29 is 21.7 Å². The van der Waals surface area contributed by atoms with Gasteiger partial charge in [-0.2, -0.15) is 0 Å². The second-order valence-electron chi connectivity index (χ2n) is 3.62. The third kappa shape index (κ3) is 4.47. The number of aromatic nitrogens is 3. The molecular weight excluding hydrogens is 270 g/mol. The first kappa shape index (κ1) is 15.4. The van der Waals surface area contributed by atoms with Gasteiger partial charge in [-0.25, -0.2) is 0 Å². The van der Waals surface area contributed by atoms with Crippen molar-refractivity contribution in [3.05, 3.63) is 73.8 Å². The number of hydrogen-bond donors (Lipinski definition) is 0. The molecule has 0 bridgehead atoms. The average molecular weight is 284 g/mol. The molecule has 0 N–H and O–H groups in total. The fourth-order valence-corrected chi connectivity index (χ4v) is 1.54. The summed E-state index contributed by atoms with van der Waals surface area (Å²) in [5, 5.41) is 0. The van der Waals surface area contributed by atoms with Crippen molar-refractivity contribution in [1.29, 1.82) is 0 Å². The van der Waals surface area contributed by atoms with E-state index in [1.54, 1.807) is 12.4 Å². The number of imidazole rings is 1. The van der Waals surface area contributed by atoms with E-state index >= 15 is 0 Å². The molecule has 0 aliphatic carbocycles. The smallest absolute Gasteiger partial charge is 0.0267 e. The van der Waals surface area contributed by atoms with Gasteiger partial charge in [0, 0.05) is 47.0 Å². The maximum atomic E-state index is 4.13. The molecule has 0 unspecified atom stereocenters.